The molecule has 0 spiro atoms. The first-order chi connectivity index (χ1) is 5.10. The second kappa shape index (κ2) is 3.14. The lowest BCUT2D eigenvalue weighted by Crippen LogP contribution is -2.53. The Bertz CT molecular complexity index is 133. The average molecular weight is 155 g/mol. The predicted octanol–water partition coefficient (Wildman–Crippen LogP) is 2.42. The van der Waals surface area contributed by atoms with Gasteiger partial charge < -0.3 is 5.32 Å². The minimum atomic E-state index is 0.400. The van der Waals surface area contributed by atoms with Gasteiger partial charge in [0.25, 0.3) is 0 Å². The van der Waals surface area contributed by atoms with Crippen LogP contribution < -0.4 is 5.32 Å². The van der Waals surface area contributed by atoms with E-state index in [0.717, 1.165) is 11.8 Å². The standard InChI is InChI=1S/C10H21N/c1-5-10(4)9(3)8(2)6-7-11-10/h8-9,11H,5-7H2,1-4H3/t8-,9?,10?/m1/s1. The molecule has 0 saturated carbocycles. The maximum absolute atomic E-state index is 3.63. The van der Waals surface area contributed by atoms with Crippen molar-refractivity contribution in [2.45, 2.75) is 46.1 Å². The van der Waals surface area contributed by atoms with Crippen LogP contribution in [0.4, 0.5) is 0 Å². The highest BCUT2D eigenvalue weighted by molar-refractivity contribution is 4.92. The molecular formula is C10H21N. The average Bonchev–Trinajstić information content (AvgIpc) is 2.00. The van der Waals surface area contributed by atoms with Crippen LogP contribution in [-0.4, -0.2) is 12.1 Å². The minimum absolute atomic E-state index is 0.400. The molecule has 1 heteroatoms. The summed E-state index contributed by atoms with van der Waals surface area (Å²) in [7, 11) is 0. The van der Waals surface area contributed by atoms with Crippen molar-refractivity contribution in [1.82, 2.24) is 5.32 Å². The number of rotatable bonds is 1. The second-order valence-corrected chi connectivity index (χ2v) is 4.25. The SMILES string of the molecule is CCC1(C)NCC[C@@H](C)C1C. The topological polar surface area (TPSA) is 12.0 Å². The molecule has 1 aliphatic heterocycles. The molecule has 0 radical (unpaired) electrons. The van der Waals surface area contributed by atoms with Crippen LogP contribution in [-0.2, 0) is 0 Å². The zero-order valence-corrected chi connectivity index (χ0v) is 8.28. The number of hydrogen-bond acceptors (Lipinski definition) is 1. The van der Waals surface area contributed by atoms with Crippen LogP contribution in [0.3, 0.4) is 0 Å². The van der Waals surface area contributed by atoms with Gasteiger partial charge in [-0.25, -0.2) is 0 Å². The van der Waals surface area contributed by atoms with Crippen LogP contribution in [0.15, 0.2) is 0 Å². The van der Waals surface area contributed by atoms with Crippen LogP contribution >= 0.6 is 0 Å². The summed E-state index contributed by atoms with van der Waals surface area (Å²) in [6.45, 7) is 10.6. The van der Waals surface area contributed by atoms with Gasteiger partial charge in [0.2, 0.25) is 0 Å². The third kappa shape index (κ3) is 1.58. The fraction of sp³-hybridized carbons (Fsp3) is 1.00. The maximum atomic E-state index is 3.63. The number of nitrogens with one attached hydrogen (secondary N) is 1. The first-order valence-corrected chi connectivity index (χ1v) is 4.85. The molecule has 0 bridgehead atoms. The lowest BCUT2D eigenvalue weighted by Gasteiger charge is -2.44. The van der Waals surface area contributed by atoms with Crippen molar-refractivity contribution < 1.29 is 0 Å². The van der Waals surface area contributed by atoms with Crippen LogP contribution in [0.2, 0.25) is 0 Å². The van der Waals surface area contributed by atoms with E-state index in [2.05, 4.69) is 33.0 Å². The Balaban J connectivity index is 2.64. The fourth-order valence-corrected chi connectivity index (χ4v) is 2.07. The first-order valence-electron chi connectivity index (χ1n) is 4.85. The van der Waals surface area contributed by atoms with Crippen molar-refractivity contribution in [1.29, 1.82) is 0 Å². The van der Waals surface area contributed by atoms with Gasteiger partial charge in [0.1, 0.15) is 0 Å². The molecular weight excluding hydrogens is 134 g/mol. The molecule has 3 atom stereocenters. The summed E-state index contributed by atoms with van der Waals surface area (Å²) in [6.07, 6.45) is 2.59. The summed E-state index contributed by atoms with van der Waals surface area (Å²) in [6, 6.07) is 0. The Morgan fingerprint density at radius 2 is 2.09 bits per heavy atom. The summed E-state index contributed by atoms with van der Waals surface area (Å²) in [5.41, 5.74) is 0.400. The molecule has 0 aromatic rings. The van der Waals surface area contributed by atoms with E-state index in [9.17, 15) is 0 Å². The predicted molar refractivity (Wildman–Crippen MR) is 49.6 cm³/mol. The molecule has 11 heavy (non-hydrogen) atoms. The zero-order chi connectivity index (χ0) is 8.48. The molecule has 0 aromatic carbocycles. The molecule has 0 amide bonds. The highest BCUT2D eigenvalue weighted by atomic mass is 15.0. The molecule has 2 unspecified atom stereocenters. The van der Waals surface area contributed by atoms with Crippen molar-refractivity contribution in [2.24, 2.45) is 11.8 Å². The van der Waals surface area contributed by atoms with Gasteiger partial charge in [-0.2, -0.15) is 0 Å². The van der Waals surface area contributed by atoms with Crippen LogP contribution in [0.5, 0.6) is 0 Å². The number of piperidine rings is 1. The van der Waals surface area contributed by atoms with Crippen molar-refractivity contribution in [3.05, 3.63) is 0 Å². The van der Waals surface area contributed by atoms with Gasteiger partial charge in [0, 0.05) is 5.54 Å². The van der Waals surface area contributed by atoms with Gasteiger partial charge in [0.05, 0.1) is 0 Å². The monoisotopic (exact) mass is 155 g/mol. The van der Waals surface area contributed by atoms with E-state index >= 15 is 0 Å². The van der Waals surface area contributed by atoms with Crippen LogP contribution in [0, 0.1) is 11.8 Å². The van der Waals surface area contributed by atoms with E-state index in [1.807, 2.05) is 0 Å². The van der Waals surface area contributed by atoms with E-state index in [4.69, 9.17) is 0 Å². The zero-order valence-electron chi connectivity index (χ0n) is 8.28. The quantitative estimate of drug-likeness (QED) is 0.613. The van der Waals surface area contributed by atoms with Crippen molar-refractivity contribution in [3.8, 4) is 0 Å². The Labute approximate surface area is 70.6 Å². The molecule has 1 heterocycles. The van der Waals surface area contributed by atoms with Gasteiger partial charge in [-0.3, -0.25) is 0 Å². The number of hydrogen-bond donors (Lipinski definition) is 1. The summed E-state index contributed by atoms with van der Waals surface area (Å²) in [5, 5.41) is 3.63. The molecule has 1 aliphatic rings. The Kier molecular flexibility index (Phi) is 2.58. The van der Waals surface area contributed by atoms with Crippen molar-refractivity contribution in [3.63, 3.8) is 0 Å². The highest BCUT2D eigenvalue weighted by Gasteiger charge is 2.35. The third-order valence-corrected chi connectivity index (χ3v) is 3.72. The minimum Gasteiger partial charge on any atom is -0.311 e. The lowest BCUT2D eigenvalue weighted by molar-refractivity contribution is 0.129. The molecule has 1 rings (SSSR count). The Morgan fingerprint density at radius 3 is 2.55 bits per heavy atom. The largest absolute Gasteiger partial charge is 0.311 e. The summed E-state index contributed by atoms with van der Waals surface area (Å²) in [5.74, 6) is 1.71. The van der Waals surface area contributed by atoms with E-state index < -0.39 is 0 Å². The smallest absolute Gasteiger partial charge is 0.0178 e. The van der Waals surface area contributed by atoms with Crippen LogP contribution in [0.25, 0.3) is 0 Å². The normalized spacial score (nSPS) is 45.8. The summed E-state index contributed by atoms with van der Waals surface area (Å²) < 4.78 is 0. The summed E-state index contributed by atoms with van der Waals surface area (Å²) in [4.78, 5) is 0. The molecule has 0 aromatic heterocycles. The van der Waals surface area contributed by atoms with E-state index in [1.165, 1.54) is 19.4 Å². The van der Waals surface area contributed by atoms with E-state index in [0.29, 0.717) is 5.54 Å². The molecule has 1 fully saturated rings. The molecule has 66 valence electrons. The van der Waals surface area contributed by atoms with Gasteiger partial charge >= 0.3 is 0 Å². The molecule has 1 nitrogen and oxygen atoms in total. The second-order valence-electron chi connectivity index (χ2n) is 4.25. The molecule has 1 saturated heterocycles. The maximum Gasteiger partial charge on any atom is 0.0178 e. The fourth-order valence-electron chi connectivity index (χ4n) is 2.07. The lowest BCUT2D eigenvalue weighted by atomic mass is 9.73. The van der Waals surface area contributed by atoms with Gasteiger partial charge in [-0.1, -0.05) is 20.8 Å². The molecule has 1 N–H and O–H groups in total. The molecule has 0 aliphatic carbocycles. The van der Waals surface area contributed by atoms with Gasteiger partial charge in [-0.15, -0.1) is 0 Å². The summed E-state index contributed by atoms with van der Waals surface area (Å²) >= 11 is 0. The van der Waals surface area contributed by atoms with Gasteiger partial charge in [-0.05, 0) is 38.1 Å². The van der Waals surface area contributed by atoms with Crippen molar-refractivity contribution >= 4 is 0 Å². The Morgan fingerprint density at radius 1 is 1.45 bits per heavy atom. The van der Waals surface area contributed by atoms with E-state index in [-0.39, 0.29) is 0 Å². The Hall–Kier alpha value is -0.0400. The van der Waals surface area contributed by atoms with Crippen molar-refractivity contribution in [2.75, 3.05) is 6.54 Å². The third-order valence-electron chi connectivity index (χ3n) is 3.72. The van der Waals surface area contributed by atoms with E-state index in [1.54, 1.807) is 0 Å². The first kappa shape index (κ1) is 9.05. The highest BCUT2D eigenvalue weighted by Crippen LogP contribution is 2.32. The van der Waals surface area contributed by atoms with Crippen LogP contribution in [0.1, 0.15) is 40.5 Å². The van der Waals surface area contributed by atoms with Gasteiger partial charge in [0.15, 0.2) is 0 Å².